The van der Waals surface area contributed by atoms with Crippen molar-refractivity contribution >= 4 is 11.8 Å². The number of hydrogen-bond donors (Lipinski definition) is 3. The highest BCUT2D eigenvalue weighted by atomic mass is 16.2. The molecule has 4 bridgehead atoms. The highest BCUT2D eigenvalue weighted by Crippen LogP contribution is 2.59. The van der Waals surface area contributed by atoms with E-state index in [1.165, 1.54) is 25.5 Å². The fourth-order valence-corrected chi connectivity index (χ4v) is 6.37. The van der Waals surface area contributed by atoms with Crippen molar-refractivity contribution in [1.29, 1.82) is 0 Å². The Morgan fingerprint density at radius 1 is 1.11 bits per heavy atom. The van der Waals surface area contributed by atoms with E-state index in [0.717, 1.165) is 49.3 Å². The summed E-state index contributed by atoms with van der Waals surface area (Å²) in [6, 6.07) is -0.575. The number of aromatic nitrogens is 2. The molecule has 7 nitrogen and oxygen atoms in total. The van der Waals surface area contributed by atoms with Gasteiger partial charge in [-0.15, -0.1) is 0 Å². The molecule has 5 fully saturated rings. The highest BCUT2D eigenvalue weighted by molar-refractivity contribution is 5.97. The van der Waals surface area contributed by atoms with Crippen molar-refractivity contribution in [2.24, 2.45) is 17.8 Å². The molecule has 0 aromatic carbocycles. The Labute approximate surface area is 157 Å². The summed E-state index contributed by atoms with van der Waals surface area (Å²) in [5, 5.41) is 5.40. The zero-order valence-corrected chi connectivity index (χ0v) is 15.4. The fraction of sp³-hybridized carbons (Fsp3) is 0.700. The molecule has 7 heteroatoms. The molecule has 2 heterocycles. The maximum absolute atomic E-state index is 12.6. The van der Waals surface area contributed by atoms with Gasteiger partial charge in [0.05, 0.1) is 0 Å². The van der Waals surface area contributed by atoms with Crippen LogP contribution in [-0.2, 0) is 10.2 Å². The first-order valence-electron chi connectivity index (χ1n) is 10.2. The quantitative estimate of drug-likeness (QED) is 0.745. The minimum absolute atomic E-state index is 0.00777. The van der Waals surface area contributed by atoms with Crippen molar-refractivity contribution < 1.29 is 9.59 Å². The monoisotopic (exact) mass is 370 g/mol. The third-order valence-corrected chi connectivity index (χ3v) is 7.18. The average Bonchev–Trinajstić information content (AvgIpc) is 2.62. The number of nitrogens with zero attached hydrogens (tertiary/aromatic N) is 1. The van der Waals surface area contributed by atoms with E-state index in [1.807, 2.05) is 0 Å². The van der Waals surface area contributed by atoms with Gasteiger partial charge in [0.2, 0.25) is 5.91 Å². The molecule has 1 aromatic heterocycles. The molecular weight excluding hydrogens is 344 g/mol. The molecule has 3 N–H and O–H groups in total. The Morgan fingerprint density at radius 2 is 1.78 bits per heavy atom. The smallest absolute Gasteiger partial charge is 0.263 e. The SMILES string of the molecule is O=C(N[C@H]1CCCNC1=O)c1cnc(C23CC4CC(CC(C4)C2)C3)[nH]c1=O. The minimum Gasteiger partial charge on any atom is -0.354 e. The lowest BCUT2D eigenvalue weighted by Gasteiger charge is -2.56. The van der Waals surface area contributed by atoms with E-state index in [9.17, 15) is 14.4 Å². The lowest BCUT2D eigenvalue weighted by molar-refractivity contribution is -0.124. The Bertz CT molecular complexity index is 811. The lowest BCUT2D eigenvalue weighted by atomic mass is 9.49. The van der Waals surface area contributed by atoms with Crippen LogP contribution in [0.1, 0.15) is 67.5 Å². The van der Waals surface area contributed by atoms with Crippen molar-refractivity contribution in [2.75, 3.05) is 6.54 Å². The van der Waals surface area contributed by atoms with Crippen LogP contribution in [0.2, 0.25) is 0 Å². The molecule has 2 amide bonds. The van der Waals surface area contributed by atoms with Crippen molar-refractivity contribution in [1.82, 2.24) is 20.6 Å². The predicted octanol–water partition coefficient (Wildman–Crippen LogP) is 1.25. The normalized spacial score (nSPS) is 37.1. The topological polar surface area (TPSA) is 104 Å². The highest BCUT2D eigenvalue weighted by Gasteiger charge is 2.53. The summed E-state index contributed by atoms with van der Waals surface area (Å²) in [7, 11) is 0. The molecule has 5 aliphatic rings. The van der Waals surface area contributed by atoms with Gasteiger partial charge in [-0.1, -0.05) is 0 Å². The number of amides is 2. The van der Waals surface area contributed by atoms with Crippen molar-refractivity contribution in [3.05, 3.63) is 27.9 Å². The molecule has 1 saturated heterocycles. The van der Waals surface area contributed by atoms with Crippen LogP contribution in [-0.4, -0.2) is 34.4 Å². The molecular formula is C20H26N4O3. The molecule has 1 aromatic rings. The Hall–Kier alpha value is -2.18. The van der Waals surface area contributed by atoms with Crippen molar-refractivity contribution in [2.45, 2.75) is 62.8 Å². The first-order chi connectivity index (χ1) is 13.0. The third kappa shape index (κ3) is 2.87. The summed E-state index contributed by atoms with van der Waals surface area (Å²) in [5.74, 6) is 2.32. The van der Waals surface area contributed by atoms with E-state index in [-0.39, 0.29) is 16.9 Å². The number of piperidine rings is 1. The Morgan fingerprint density at radius 3 is 2.37 bits per heavy atom. The van der Waals surface area contributed by atoms with E-state index >= 15 is 0 Å². The van der Waals surface area contributed by atoms with Crippen LogP contribution in [0, 0.1) is 17.8 Å². The zero-order valence-electron chi connectivity index (χ0n) is 15.4. The van der Waals surface area contributed by atoms with Crippen LogP contribution in [0.4, 0.5) is 0 Å². The fourth-order valence-electron chi connectivity index (χ4n) is 6.37. The number of carbonyl (C=O) groups is 2. The lowest BCUT2D eigenvalue weighted by Crippen LogP contribution is -2.51. The molecule has 6 rings (SSSR count). The van der Waals surface area contributed by atoms with Gasteiger partial charge in [-0.2, -0.15) is 0 Å². The van der Waals surface area contributed by atoms with Gasteiger partial charge >= 0.3 is 0 Å². The van der Waals surface area contributed by atoms with E-state index in [0.29, 0.717) is 13.0 Å². The van der Waals surface area contributed by atoms with E-state index < -0.39 is 17.5 Å². The molecule has 4 aliphatic carbocycles. The summed E-state index contributed by atoms with van der Waals surface area (Å²) in [5.41, 5.74) is -0.419. The van der Waals surface area contributed by atoms with Gasteiger partial charge in [0.25, 0.3) is 11.5 Å². The molecule has 1 aliphatic heterocycles. The first-order valence-corrected chi connectivity index (χ1v) is 10.2. The summed E-state index contributed by atoms with van der Waals surface area (Å²) >= 11 is 0. The van der Waals surface area contributed by atoms with Gasteiger partial charge in [0, 0.05) is 18.2 Å². The molecule has 0 radical (unpaired) electrons. The molecule has 0 unspecified atom stereocenters. The zero-order chi connectivity index (χ0) is 18.6. The maximum Gasteiger partial charge on any atom is 0.263 e. The van der Waals surface area contributed by atoms with Crippen LogP contribution in [0.15, 0.2) is 11.0 Å². The van der Waals surface area contributed by atoms with Gasteiger partial charge in [0.1, 0.15) is 17.4 Å². The third-order valence-electron chi connectivity index (χ3n) is 7.18. The van der Waals surface area contributed by atoms with E-state index in [4.69, 9.17) is 0 Å². The van der Waals surface area contributed by atoms with Gasteiger partial charge in [-0.25, -0.2) is 4.98 Å². The molecule has 0 spiro atoms. The molecule has 27 heavy (non-hydrogen) atoms. The molecule has 144 valence electrons. The standard InChI is InChI=1S/C20H26N4O3/c25-16(23-15-2-1-3-21-18(15)27)14-10-22-19(24-17(14)26)20-7-11-4-12(8-20)6-13(5-11)9-20/h10-13,15H,1-9H2,(H,21,27)(H,23,25)(H,22,24,26)/t11?,12?,13?,15-,20?/m0/s1. The molecule has 4 saturated carbocycles. The van der Waals surface area contributed by atoms with Crippen LogP contribution < -0.4 is 16.2 Å². The maximum atomic E-state index is 12.6. The second kappa shape index (κ2) is 6.17. The Balaban J connectivity index is 1.37. The number of rotatable bonds is 3. The van der Waals surface area contributed by atoms with Crippen LogP contribution in [0.25, 0.3) is 0 Å². The first kappa shape index (κ1) is 17.0. The van der Waals surface area contributed by atoms with Crippen molar-refractivity contribution in [3.63, 3.8) is 0 Å². The summed E-state index contributed by atoms with van der Waals surface area (Å²) in [6.07, 6.45) is 10.1. The van der Waals surface area contributed by atoms with Gasteiger partial charge in [-0.3, -0.25) is 14.4 Å². The van der Waals surface area contributed by atoms with Crippen LogP contribution >= 0.6 is 0 Å². The summed E-state index contributed by atoms with van der Waals surface area (Å²) in [4.78, 5) is 44.4. The number of H-pyrrole nitrogens is 1. The van der Waals surface area contributed by atoms with Crippen LogP contribution in [0.5, 0.6) is 0 Å². The van der Waals surface area contributed by atoms with Gasteiger partial charge in [0.15, 0.2) is 0 Å². The van der Waals surface area contributed by atoms with Gasteiger partial charge in [-0.05, 0) is 69.1 Å². The summed E-state index contributed by atoms with van der Waals surface area (Å²) < 4.78 is 0. The Kier molecular flexibility index (Phi) is 3.88. The number of hydrogen-bond acceptors (Lipinski definition) is 4. The number of carbonyl (C=O) groups excluding carboxylic acids is 2. The average molecular weight is 370 g/mol. The number of nitrogens with one attached hydrogen (secondary N) is 3. The summed E-state index contributed by atoms with van der Waals surface area (Å²) in [6.45, 7) is 0.632. The van der Waals surface area contributed by atoms with Crippen LogP contribution in [0.3, 0.4) is 0 Å². The van der Waals surface area contributed by atoms with Crippen molar-refractivity contribution in [3.8, 4) is 0 Å². The predicted molar refractivity (Wildman–Crippen MR) is 98.2 cm³/mol. The molecule has 1 atom stereocenters. The largest absolute Gasteiger partial charge is 0.354 e. The van der Waals surface area contributed by atoms with Gasteiger partial charge < -0.3 is 15.6 Å². The van der Waals surface area contributed by atoms with E-state index in [2.05, 4.69) is 20.6 Å². The second-order valence-corrected chi connectivity index (χ2v) is 9.13. The minimum atomic E-state index is -0.575. The number of aromatic amines is 1. The second-order valence-electron chi connectivity index (χ2n) is 9.13. The van der Waals surface area contributed by atoms with E-state index in [1.54, 1.807) is 0 Å².